The Bertz CT molecular complexity index is 659. The Morgan fingerprint density at radius 1 is 1.29 bits per heavy atom. The summed E-state index contributed by atoms with van der Waals surface area (Å²) in [6.07, 6.45) is 3.96. The van der Waals surface area contributed by atoms with Crippen molar-refractivity contribution in [3.8, 4) is 0 Å². The topological polar surface area (TPSA) is 105 Å². The number of carbonyl (C=O) groups excluding carboxylic acids is 2. The minimum absolute atomic E-state index is 0. The first-order chi connectivity index (χ1) is 12.3. The van der Waals surface area contributed by atoms with Gasteiger partial charge < -0.3 is 20.5 Å². The first kappa shape index (κ1) is 24.7. The first-order valence-electron chi connectivity index (χ1n) is 9.38. The number of carbonyl (C=O) groups is 2. The standard InChI is InChI=1S/C18H29N5O3.2ClH/c1-13-11-15(21-26-13)20-16(24)12-22-7-9-23(10-8-22)17(25)14-5-3-4-6-18(14,2)19;;/h11,14H,3-10,12,19H2,1-2H3,(H,20,21,24);2*1H. The maximum absolute atomic E-state index is 12.9. The summed E-state index contributed by atoms with van der Waals surface area (Å²) in [5.41, 5.74) is 5.97. The summed E-state index contributed by atoms with van der Waals surface area (Å²) < 4.78 is 4.94. The van der Waals surface area contributed by atoms with E-state index in [1.165, 1.54) is 0 Å². The van der Waals surface area contributed by atoms with Crippen LogP contribution >= 0.6 is 24.8 Å². The van der Waals surface area contributed by atoms with E-state index in [4.69, 9.17) is 10.3 Å². The lowest BCUT2D eigenvalue weighted by atomic mass is 9.74. The molecule has 1 aliphatic heterocycles. The Labute approximate surface area is 178 Å². The molecule has 2 fully saturated rings. The minimum Gasteiger partial charge on any atom is -0.360 e. The summed E-state index contributed by atoms with van der Waals surface area (Å²) in [7, 11) is 0. The number of anilines is 1. The predicted octanol–water partition coefficient (Wildman–Crippen LogP) is 1.82. The largest absolute Gasteiger partial charge is 0.360 e. The maximum Gasteiger partial charge on any atom is 0.239 e. The Morgan fingerprint density at radius 2 is 1.96 bits per heavy atom. The van der Waals surface area contributed by atoms with Crippen molar-refractivity contribution in [3.63, 3.8) is 0 Å². The molecule has 3 rings (SSSR count). The predicted molar refractivity (Wildman–Crippen MR) is 112 cm³/mol. The number of rotatable bonds is 4. The van der Waals surface area contributed by atoms with E-state index >= 15 is 0 Å². The van der Waals surface area contributed by atoms with Crippen molar-refractivity contribution in [1.82, 2.24) is 15.0 Å². The quantitative estimate of drug-likeness (QED) is 0.746. The molecule has 2 heterocycles. The molecule has 0 bridgehead atoms. The van der Waals surface area contributed by atoms with Gasteiger partial charge in [0.15, 0.2) is 5.82 Å². The summed E-state index contributed by atoms with van der Waals surface area (Å²) in [6, 6.07) is 1.68. The molecule has 2 atom stereocenters. The van der Waals surface area contributed by atoms with Crippen molar-refractivity contribution in [1.29, 1.82) is 0 Å². The van der Waals surface area contributed by atoms with Crippen LogP contribution in [0.2, 0.25) is 0 Å². The number of hydrogen-bond acceptors (Lipinski definition) is 6. The fourth-order valence-electron chi connectivity index (χ4n) is 3.92. The molecule has 1 aromatic heterocycles. The van der Waals surface area contributed by atoms with Crippen molar-refractivity contribution < 1.29 is 14.1 Å². The minimum atomic E-state index is -0.401. The van der Waals surface area contributed by atoms with E-state index in [2.05, 4.69) is 15.4 Å². The molecule has 1 saturated carbocycles. The highest BCUT2D eigenvalue weighted by Gasteiger charge is 2.40. The molecule has 160 valence electrons. The fraction of sp³-hybridized carbons (Fsp3) is 0.722. The Hall–Kier alpha value is -1.35. The summed E-state index contributed by atoms with van der Waals surface area (Å²) in [5, 5.41) is 6.48. The van der Waals surface area contributed by atoms with E-state index < -0.39 is 5.54 Å². The normalized spacial score (nSPS) is 25.4. The van der Waals surface area contributed by atoms with Gasteiger partial charge in [0.05, 0.1) is 12.5 Å². The first-order valence-corrected chi connectivity index (χ1v) is 9.38. The number of aryl methyl sites for hydroxylation is 1. The Morgan fingerprint density at radius 3 is 2.54 bits per heavy atom. The van der Waals surface area contributed by atoms with Crippen molar-refractivity contribution >= 4 is 42.4 Å². The van der Waals surface area contributed by atoms with Crippen LogP contribution in [-0.2, 0) is 9.59 Å². The second-order valence-corrected chi connectivity index (χ2v) is 7.78. The van der Waals surface area contributed by atoms with E-state index in [-0.39, 0.29) is 49.1 Å². The van der Waals surface area contributed by atoms with Crippen LogP contribution in [-0.4, -0.2) is 65.0 Å². The van der Waals surface area contributed by atoms with Gasteiger partial charge in [-0.25, -0.2) is 0 Å². The molecule has 0 radical (unpaired) electrons. The van der Waals surface area contributed by atoms with Gasteiger partial charge in [-0.05, 0) is 26.7 Å². The second kappa shape index (κ2) is 10.4. The Balaban J connectivity index is 0.00000196. The molecule has 1 aliphatic carbocycles. The lowest BCUT2D eigenvalue weighted by Crippen LogP contribution is -2.57. The highest BCUT2D eigenvalue weighted by atomic mass is 35.5. The molecule has 10 heteroatoms. The van der Waals surface area contributed by atoms with Gasteiger partial charge in [0.1, 0.15) is 5.76 Å². The average Bonchev–Trinajstić information content (AvgIpc) is 2.99. The van der Waals surface area contributed by atoms with E-state index in [1.54, 1.807) is 13.0 Å². The molecule has 2 unspecified atom stereocenters. The molecule has 8 nitrogen and oxygen atoms in total. The highest BCUT2D eigenvalue weighted by Crippen LogP contribution is 2.33. The van der Waals surface area contributed by atoms with Crippen molar-refractivity contribution in [2.24, 2.45) is 11.7 Å². The fourth-order valence-corrected chi connectivity index (χ4v) is 3.92. The number of piperazine rings is 1. The number of nitrogens with zero attached hydrogens (tertiary/aromatic N) is 3. The van der Waals surface area contributed by atoms with Gasteiger partial charge in [0.2, 0.25) is 11.8 Å². The zero-order chi connectivity index (χ0) is 18.7. The highest BCUT2D eigenvalue weighted by molar-refractivity contribution is 5.91. The van der Waals surface area contributed by atoms with Crippen molar-refractivity contribution in [2.45, 2.75) is 45.1 Å². The van der Waals surface area contributed by atoms with Gasteiger partial charge in [-0.15, -0.1) is 24.8 Å². The van der Waals surface area contributed by atoms with Crippen LogP contribution in [0.1, 0.15) is 38.4 Å². The third kappa shape index (κ3) is 6.07. The number of hydrogen-bond donors (Lipinski definition) is 2. The summed E-state index contributed by atoms with van der Waals surface area (Å²) in [6.45, 7) is 6.71. The second-order valence-electron chi connectivity index (χ2n) is 7.78. The van der Waals surface area contributed by atoms with Crippen LogP contribution in [0.15, 0.2) is 10.6 Å². The van der Waals surface area contributed by atoms with E-state index in [0.717, 1.165) is 25.7 Å². The molecular formula is C18H31Cl2N5O3. The summed E-state index contributed by atoms with van der Waals surface area (Å²) in [5.74, 6) is 1.06. The van der Waals surface area contributed by atoms with Crippen LogP contribution in [0, 0.1) is 12.8 Å². The Kier molecular flexibility index (Phi) is 9.20. The van der Waals surface area contributed by atoms with Gasteiger partial charge in [-0.3, -0.25) is 14.5 Å². The van der Waals surface area contributed by atoms with Crippen LogP contribution in [0.5, 0.6) is 0 Å². The van der Waals surface area contributed by atoms with Gasteiger partial charge >= 0.3 is 0 Å². The number of halogens is 2. The van der Waals surface area contributed by atoms with E-state index in [0.29, 0.717) is 37.8 Å². The monoisotopic (exact) mass is 435 g/mol. The number of aromatic nitrogens is 1. The molecule has 28 heavy (non-hydrogen) atoms. The van der Waals surface area contributed by atoms with Crippen LogP contribution in [0.25, 0.3) is 0 Å². The molecule has 2 amide bonds. The van der Waals surface area contributed by atoms with Crippen molar-refractivity contribution in [2.75, 3.05) is 38.0 Å². The smallest absolute Gasteiger partial charge is 0.239 e. The zero-order valence-corrected chi connectivity index (χ0v) is 18.1. The van der Waals surface area contributed by atoms with Gasteiger partial charge in [0.25, 0.3) is 0 Å². The van der Waals surface area contributed by atoms with Gasteiger partial charge in [-0.1, -0.05) is 18.0 Å². The number of nitrogens with one attached hydrogen (secondary N) is 1. The molecule has 1 saturated heterocycles. The van der Waals surface area contributed by atoms with Gasteiger partial charge in [-0.2, -0.15) is 0 Å². The molecule has 3 N–H and O–H groups in total. The van der Waals surface area contributed by atoms with Crippen LogP contribution in [0.4, 0.5) is 5.82 Å². The third-order valence-electron chi connectivity index (χ3n) is 5.50. The summed E-state index contributed by atoms with van der Waals surface area (Å²) >= 11 is 0. The number of nitrogens with two attached hydrogens (primary N) is 1. The molecule has 0 spiro atoms. The third-order valence-corrected chi connectivity index (χ3v) is 5.50. The lowest BCUT2D eigenvalue weighted by molar-refractivity contribution is -0.140. The average molecular weight is 436 g/mol. The molecular weight excluding hydrogens is 405 g/mol. The zero-order valence-electron chi connectivity index (χ0n) is 16.5. The van der Waals surface area contributed by atoms with Crippen molar-refractivity contribution in [3.05, 3.63) is 11.8 Å². The molecule has 0 aromatic carbocycles. The molecule has 1 aromatic rings. The number of amides is 2. The SMILES string of the molecule is Cc1cc(NC(=O)CN2CCN(C(=O)C3CCCCC3(C)N)CC2)no1.Cl.Cl. The maximum atomic E-state index is 12.9. The van der Waals surface area contributed by atoms with Crippen LogP contribution < -0.4 is 11.1 Å². The van der Waals surface area contributed by atoms with E-state index in [9.17, 15) is 9.59 Å². The molecule has 2 aliphatic rings. The van der Waals surface area contributed by atoms with Crippen LogP contribution in [0.3, 0.4) is 0 Å². The van der Waals surface area contributed by atoms with Gasteiger partial charge in [0, 0.05) is 37.8 Å². The van der Waals surface area contributed by atoms with E-state index in [1.807, 2.05) is 11.8 Å². The summed E-state index contributed by atoms with van der Waals surface area (Å²) in [4.78, 5) is 28.9. The lowest BCUT2D eigenvalue weighted by Gasteiger charge is -2.42.